The lowest BCUT2D eigenvalue weighted by molar-refractivity contribution is -0.116. The molecule has 2 aromatic rings. The Morgan fingerprint density at radius 3 is 2.94 bits per heavy atom. The summed E-state index contributed by atoms with van der Waals surface area (Å²) < 4.78 is 13.4. The van der Waals surface area contributed by atoms with Crippen LogP contribution in [-0.2, 0) is 11.2 Å². The summed E-state index contributed by atoms with van der Waals surface area (Å²) in [7, 11) is 0. The molecule has 0 unspecified atom stereocenters. The molecule has 2 nitrogen and oxygen atoms in total. The van der Waals surface area contributed by atoms with E-state index in [1.54, 1.807) is 23.5 Å². The average molecular weight is 263 g/mol. The van der Waals surface area contributed by atoms with Crippen LogP contribution in [0.25, 0.3) is 0 Å². The van der Waals surface area contributed by atoms with Crippen LogP contribution >= 0.6 is 11.3 Å². The number of halogens is 1. The molecule has 0 aliphatic carbocycles. The summed E-state index contributed by atoms with van der Waals surface area (Å²) in [6, 6.07) is 6.67. The van der Waals surface area contributed by atoms with Crippen molar-refractivity contribution in [1.29, 1.82) is 0 Å². The molecular formula is C14H14FNOS. The highest BCUT2D eigenvalue weighted by atomic mass is 32.1. The molecule has 2 rings (SSSR count). The highest BCUT2D eigenvalue weighted by Crippen LogP contribution is 2.16. The first-order valence-electron chi connectivity index (χ1n) is 5.72. The van der Waals surface area contributed by atoms with Crippen LogP contribution in [-0.4, -0.2) is 5.91 Å². The Morgan fingerprint density at radius 1 is 1.39 bits per heavy atom. The van der Waals surface area contributed by atoms with Gasteiger partial charge in [-0.15, -0.1) is 0 Å². The minimum absolute atomic E-state index is 0.161. The quantitative estimate of drug-likeness (QED) is 0.894. The number of amides is 1. The maximum atomic E-state index is 13.4. The Bertz CT molecular complexity index is 537. The Kier molecular flexibility index (Phi) is 4.10. The Balaban J connectivity index is 1.92. The number of hydrogen-bond acceptors (Lipinski definition) is 2. The molecule has 4 heteroatoms. The SMILES string of the molecule is Cc1ccc(F)c(NC(=O)CCc2ccsc2)c1. The summed E-state index contributed by atoms with van der Waals surface area (Å²) in [5, 5.41) is 6.60. The Morgan fingerprint density at radius 2 is 2.22 bits per heavy atom. The average Bonchev–Trinajstić information content (AvgIpc) is 2.84. The number of carbonyl (C=O) groups is 1. The van der Waals surface area contributed by atoms with E-state index in [9.17, 15) is 9.18 Å². The van der Waals surface area contributed by atoms with Crippen molar-refractivity contribution in [2.75, 3.05) is 5.32 Å². The van der Waals surface area contributed by atoms with Crippen molar-refractivity contribution in [3.8, 4) is 0 Å². The number of aryl methyl sites for hydroxylation is 2. The molecule has 0 saturated heterocycles. The van der Waals surface area contributed by atoms with E-state index in [-0.39, 0.29) is 11.6 Å². The third-order valence-electron chi connectivity index (χ3n) is 2.62. The molecule has 0 aliphatic rings. The highest BCUT2D eigenvalue weighted by Gasteiger charge is 2.07. The largest absolute Gasteiger partial charge is 0.324 e. The van der Waals surface area contributed by atoms with E-state index in [1.165, 1.54) is 6.07 Å². The molecule has 1 aromatic carbocycles. The third kappa shape index (κ3) is 3.40. The van der Waals surface area contributed by atoms with Gasteiger partial charge in [-0.3, -0.25) is 4.79 Å². The maximum absolute atomic E-state index is 13.4. The monoisotopic (exact) mass is 263 g/mol. The molecular weight excluding hydrogens is 249 g/mol. The second kappa shape index (κ2) is 5.78. The van der Waals surface area contributed by atoms with E-state index < -0.39 is 5.82 Å². The number of thiophene rings is 1. The van der Waals surface area contributed by atoms with Crippen LogP contribution in [0.3, 0.4) is 0 Å². The fourth-order valence-electron chi connectivity index (χ4n) is 1.64. The van der Waals surface area contributed by atoms with Crippen molar-refractivity contribution in [2.45, 2.75) is 19.8 Å². The molecule has 0 fully saturated rings. The van der Waals surface area contributed by atoms with Gasteiger partial charge in [0.25, 0.3) is 0 Å². The van der Waals surface area contributed by atoms with Crippen molar-refractivity contribution in [1.82, 2.24) is 0 Å². The van der Waals surface area contributed by atoms with Crippen LogP contribution in [0.4, 0.5) is 10.1 Å². The zero-order chi connectivity index (χ0) is 13.0. The predicted octanol–water partition coefficient (Wildman–Crippen LogP) is 3.77. The van der Waals surface area contributed by atoms with Gasteiger partial charge in [0.15, 0.2) is 0 Å². The van der Waals surface area contributed by atoms with Crippen molar-refractivity contribution in [3.63, 3.8) is 0 Å². The van der Waals surface area contributed by atoms with Gasteiger partial charge in [-0.05, 0) is 53.4 Å². The number of nitrogens with one attached hydrogen (secondary N) is 1. The van der Waals surface area contributed by atoms with Crippen molar-refractivity contribution in [2.24, 2.45) is 0 Å². The molecule has 94 valence electrons. The van der Waals surface area contributed by atoms with E-state index in [0.717, 1.165) is 11.1 Å². The van der Waals surface area contributed by atoms with Gasteiger partial charge in [0.05, 0.1) is 5.69 Å². The van der Waals surface area contributed by atoms with Crippen LogP contribution < -0.4 is 5.32 Å². The van der Waals surface area contributed by atoms with Crippen molar-refractivity contribution in [3.05, 3.63) is 52.0 Å². The van der Waals surface area contributed by atoms with Gasteiger partial charge in [-0.2, -0.15) is 11.3 Å². The van der Waals surface area contributed by atoms with Gasteiger partial charge in [0.1, 0.15) is 5.82 Å². The highest BCUT2D eigenvalue weighted by molar-refractivity contribution is 7.07. The molecule has 1 N–H and O–H groups in total. The molecule has 1 amide bonds. The van der Waals surface area contributed by atoms with Gasteiger partial charge < -0.3 is 5.32 Å². The minimum Gasteiger partial charge on any atom is -0.324 e. The lowest BCUT2D eigenvalue weighted by Gasteiger charge is -2.06. The lowest BCUT2D eigenvalue weighted by atomic mass is 10.1. The fourth-order valence-corrected chi connectivity index (χ4v) is 2.34. The number of carbonyl (C=O) groups excluding carboxylic acids is 1. The molecule has 1 heterocycles. The van der Waals surface area contributed by atoms with Gasteiger partial charge in [0, 0.05) is 6.42 Å². The predicted molar refractivity (Wildman–Crippen MR) is 72.4 cm³/mol. The van der Waals surface area contributed by atoms with Crippen LogP contribution in [0.15, 0.2) is 35.0 Å². The first kappa shape index (κ1) is 12.8. The van der Waals surface area contributed by atoms with Gasteiger partial charge in [-0.1, -0.05) is 6.07 Å². The minimum atomic E-state index is -0.399. The first-order chi connectivity index (χ1) is 8.65. The van der Waals surface area contributed by atoms with E-state index in [1.807, 2.05) is 23.8 Å². The number of anilines is 1. The summed E-state index contributed by atoms with van der Waals surface area (Å²) in [6.45, 7) is 1.86. The molecule has 0 spiro atoms. The third-order valence-corrected chi connectivity index (χ3v) is 3.35. The van der Waals surface area contributed by atoms with Crippen LogP contribution in [0.5, 0.6) is 0 Å². The van der Waals surface area contributed by atoms with E-state index in [4.69, 9.17) is 0 Å². The first-order valence-corrected chi connectivity index (χ1v) is 6.66. The molecule has 1 aromatic heterocycles. The van der Waals surface area contributed by atoms with E-state index in [0.29, 0.717) is 12.8 Å². The summed E-state index contributed by atoms with van der Waals surface area (Å²) in [6.07, 6.45) is 1.05. The molecule has 0 aliphatic heterocycles. The van der Waals surface area contributed by atoms with E-state index in [2.05, 4.69) is 5.32 Å². The second-order valence-corrected chi connectivity index (χ2v) is 4.94. The number of benzene rings is 1. The smallest absolute Gasteiger partial charge is 0.224 e. The van der Waals surface area contributed by atoms with Crippen LogP contribution in [0, 0.1) is 12.7 Å². The number of hydrogen-bond donors (Lipinski definition) is 1. The fraction of sp³-hybridized carbons (Fsp3) is 0.214. The zero-order valence-corrected chi connectivity index (χ0v) is 10.9. The normalized spacial score (nSPS) is 10.3. The topological polar surface area (TPSA) is 29.1 Å². The van der Waals surface area contributed by atoms with Gasteiger partial charge in [0.2, 0.25) is 5.91 Å². The molecule has 0 saturated carbocycles. The molecule has 0 bridgehead atoms. The second-order valence-electron chi connectivity index (χ2n) is 4.16. The summed E-state index contributed by atoms with van der Waals surface area (Å²) in [5.41, 5.74) is 2.31. The summed E-state index contributed by atoms with van der Waals surface area (Å²) in [4.78, 5) is 11.7. The van der Waals surface area contributed by atoms with Crippen LogP contribution in [0.2, 0.25) is 0 Å². The Hall–Kier alpha value is -1.68. The van der Waals surface area contributed by atoms with Gasteiger partial charge in [-0.25, -0.2) is 4.39 Å². The van der Waals surface area contributed by atoms with Crippen molar-refractivity contribution < 1.29 is 9.18 Å². The molecule has 0 atom stereocenters. The van der Waals surface area contributed by atoms with Gasteiger partial charge >= 0.3 is 0 Å². The maximum Gasteiger partial charge on any atom is 0.224 e. The number of rotatable bonds is 4. The summed E-state index contributed by atoms with van der Waals surface area (Å²) in [5.74, 6) is -0.560. The van der Waals surface area contributed by atoms with E-state index >= 15 is 0 Å². The standard InChI is InChI=1S/C14H14FNOS/c1-10-2-4-12(15)13(8-10)16-14(17)5-3-11-6-7-18-9-11/h2,4,6-9H,3,5H2,1H3,(H,16,17). The summed E-state index contributed by atoms with van der Waals surface area (Å²) >= 11 is 1.61. The van der Waals surface area contributed by atoms with Crippen molar-refractivity contribution >= 4 is 22.9 Å². The molecule has 18 heavy (non-hydrogen) atoms. The van der Waals surface area contributed by atoms with Crippen LogP contribution in [0.1, 0.15) is 17.5 Å². The lowest BCUT2D eigenvalue weighted by Crippen LogP contribution is -2.13. The zero-order valence-electron chi connectivity index (χ0n) is 10.1. The molecule has 0 radical (unpaired) electrons. The Labute approximate surface area is 109 Å².